The Morgan fingerprint density at radius 3 is 2.35 bits per heavy atom. The molecule has 0 unspecified atom stereocenters. The van der Waals surface area contributed by atoms with Crippen molar-refractivity contribution in [1.29, 1.82) is 0 Å². The average Bonchev–Trinajstić information content (AvgIpc) is 2.65. The lowest BCUT2D eigenvalue weighted by atomic mass is 10.1. The molecule has 1 N–H and O–H groups in total. The number of aryl methyl sites for hydroxylation is 1. The molecule has 2 rings (SSSR count). The molecule has 26 heavy (non-hydrogen) atoms. The van der Waals surface area contributed by atoms with Crippen LogP contribution in [0.2, 0.25) is 0 Å². The summed E-state index contributed by atoms with van der Waals surface area (Å²) in [5.41, 5.74) is 3.76. The van der Waals surface area contributed by atoms with Gasteiger partial charge in [-0.25, -0.2) is 0 Å². The van der Waals surface area contributed by atoms with E-state index in [-0.39, 0.29) is 5.91 Å². The highest BCUT2D eigenvalue weighted by atomic mass is 16.5. The van der Waals surface area contributed by atoms with Crippen molar-refractivity contribution in [3.63, 3.8) is 0 Å². The lowest BCUT2D eigenvalue weighted by Gasteiger charge is -2.11. The zero-order valence-corrected chi connectivity index (χ0v) is 16.3. The summed E-state index contributed by atoms with van der Waals surface area (Å²) in [7, 11) is 0. The van der Waals surface area contributed by atoms with Gasteiger partial charge in [-0.15, -0.1) is 0 Å². The summed E-state index contributed by atoms with van der Waals surface area (Å²) in [6.07, 6.45) is 7.51. The molecule has 0 fully saturated rings. The highest BCUT2D eigenvalue weighted by Crippen LogP contribution is 2.20. The number of hydrogen-bond donors (Lipinski definition) is 1. The van der Waals surface area contributed by atoms with Crippen molar-refractivity contribution in [3.05, 3.63) is 59.2 Å². The van der Waals surface area contributed by atoms with Gasteiger partial charge in [0.15, 0.2) is 0 Å². The van der Waals surface area contributed by atoms with Gasteiger partial charge in [-0.2, -0.15) is 0 Å². The smallest absolute Gasteiger partial charge is 0.255 e. The third-order valence-electron chi connectivity index (χ3n) is 4.74. The van der Waals surface area contributed by atoms with Gasteiger partial charge in [-0.05, 0) is 61.7 Å². The molecule has 3 heteroatoms. The topological polar surface area (TPSA) is 38.3 Å². The number of nitrogens with one attached hydrogen (secondary N) is 1. The molecule has 0 radical (unpaired) electrons. The second-order valence-corrected chi connectivity index (χ2v) is 6.84. The van der Waals surface area contributed by atoms with Crippen molar-refractivity contribution in [2.45, 2.75) is 59.3 Å². The standard InChI is InChI=1S/C23H31NO2/c1-4-5-6-7-8-9-17-26-21-15-13-20(14-16-21)23(25)24-22-12-10-11-18(2)19(22)3/h10-16H,4-9,17H2,1-3H3,(H,24,25). The van der Waals surface area contributed by atoms with Crippen molar-refractivity contribution < 1.29 is 9.53 Å². The SMILES string of the molecule is CCCCCCCCOc1ccc(C(=O)Nc2cccc(C)c2C)cc1. The minimum absolute atomic E-state index is 0.0961. The third kappa shape index (κ3) is 6.21. The molecule has 0 atom stereocenters. The summed E-state index contributed by atoms with van der Waals surface area (Å²) in [6, 6.07) is 13.3. The molecule has 0 bridgehead atoms. The van der Waals surface area contributed by atoms with E-state index in [1.165, 1.54) is 37.7 Å². The van der Waals surface area contributed by atoms with Crippen LogP contribution in [0, 0.1) is 13.8 Å². The molecule has 140 valence electrons. The Balaban J connectivity index is 1.79. The number of amides is 1. The zero-order valence-electron chi connectivity index (χ0n) is 16.3. The Morgan fingerprint density at radius 1 is 0.923 bits per heavy atom. The van der Waals surface area contributed by atoms with E-state index >= 15 is 0 Å². The number of hydrogen-bond acceptors (Lipinski definition) is 2. The molecule has 0 aliphatic carbocycles. The molecule has 0 heterocycles. The van der Waals surface area contributed by atoms with Gasteiger partial charge in [-0.3, -0.25) is 4.79 Å². The molecular formula is C23H31NO2. The predicted octanol–water partition coefficient (Wildman–Crippen LogP) is 6.30. The van der Waals surface area contributed by atoms with Crippen LogP contribution in [0.15, 0.2) is 42.5 Å². The Bertz CT molecular complexity index is 692. The number of unbranched alkanes of at least 4 members (excludes halogenated alkanes) is 5. The van der Waals surface area contributed by atoms with Gasteiger partial charge in [0, 0.05) is 11.3 Å². The fourth-order valence-electron chi connectivity index (χ4n) is 2.86. The highest BCUT2D eigenvalue weighted by Gasteiger charge is 2.08. The molecule has 3 nitrogen and oxygen atoms in total. The third-order valence-corrected chi connectivity index (χ3v) is 4.74. The number of anilines is 1. The minimum Gasteiger partial charge on any atom is -0.494 e. The van der Waals surface area contributed by atoms with Crippen LogP contribution in [-0.4, -0.2) is 12.5 Å². The second-order valence-electron chi connectivity index (χ2n) is 6.84. The maximum absolute atomic E-state index is 12.4. The fraction of sp³-hybridized carbons (Fsp3) is 0.435. The Labute approximate surface area is 157 Å². The first-order valence-electron chi connectivity index (χ1n) is 9.72. The van der Waals surface area contributed by atoms with Gasteiger partial charge in [0.05, 0.1) is 6.61 Å². The van der Waals surface area contributed by atoms with Crippen molar-refractivity contribution in [3.8, 4) is 5.75 Å². The van der Waals surface area contributed by atoms with E-state index in [2.05, 4.69) is 12.2 Å². The van der Waals surface area contributed by atoms with Gasteiger partial charge in [0.1, 0.15) is 5.75 Å². The maximum Gasteiger partial charge on any atom is 0.255 e. The number of carbonyl (C=O) groups is 1. The summed E-state index contributed by atoms with van der Waals surface area (Å²) in [5.74, 6) is 0.725. The summed E-state index contributed by atoms with van der Waals surface area (Å²) >= 11 is 0. The van der Waals surface area contributed by atoms with Crippen molar-refractivity contribution in [2.24, 2.45) is 0 Å². The fourth-order valence-corrected chi connectivity index (χ4v) is 2.86. The first kappa shape index (κ1) is 20.0. The molecule has 0 aliphatic rings. The maximum atomic E-state index is 12.4. The van der Waals surface area contributed by atoms with E-state index in [1.807, 2.05) is 56.3 Å². The van der Waals surface area contributed by atoms with Crippen LogP contribution in [0.5, 0.6) is 5.75 Å². The van der Waals surface area contributed by atoms with Crippen molar-refractivity contribution >= 4 is 11.6 Å². The van der Waals surface area contributed by atoms with Crippen LogP contribution in [0.3, 0.4) is 0 Å². The molecule has 2 aromatic rings. The van der Waals surface area contributed by atoms with Crippen molar-refractivity contribution in [2.75, 3.05) is 11.9 Å². The van der Waals surface area contributed by atoms with Crippen LogP contribution >= 0.6 is 0 Å². The van der Waals surface area contributed by atoms with Crippen LogP contribution in [0.1, 0.15) is 66.9 Å². The average molecular weight is 354 g/mol. The first-order valence-corrected chi connectivity index (χ1v) is 9.72. The minimum atomic E-state index is -0.0961. The van der Waals surface area contributed by atoms with Gasteiger partial charge >= 0.3 is 0 Å². The molecule has 2 aromatic carbocycles. The Kier molecular flexibility index (Phi) is 8.20. The molecule has 0 aromatic heterocycles. The highest BCUT2D eigenvalue weighted by molar-refractivity contribution is 6.04. The lowest BCUT2D eigenvalue weighted by Crippen LogP contribution is -2.13. The van der Waals surface area contributed by atoms with Gasteiger partial charge in [0.2, 0.25) is 0 Å². The summed E-state index contributed by atoms with van der Waals surface area (Å²) < 4.78 is 5.77. The molecule has 1 amide bonds. The normalized spacial score (nSPS) is 10.6. The van der Waals surface area contributed by atoms with Crippen LogP contribution < -0.4 is 10.1 Å². The zero-order chi connectivity index (χ0) is 18.8. The quantitative estimate of drug-likeness (QED) is 0.509. The van der Waals surface area contributed by atoms with Gasteiger partial charge in [0.25, 0.3) is 5.91 Å². The van der Waals surface area contributed by atoms with E-state index in [9.17, 15) is 4.79 Å². The van der Waals surface area contributed by atoms with E-state index in [1.54, 1.807) is 0 Å². The molecule has 0 spiro atoms. The van der Waals surface area contributed by atoms with Crippen molar-refractivity contribution in [1.82, 2.24) is 0 Å². The summed E-state index contributed by atoms with van der Waals surface area (Å²) in [6.45, 7) is 7.03. The first-order chi connectivity index (χ1) is 12.6. The number of benzene rings is 2. The second kappa shape index (κ2) is 10.6. The van der Waals surface area contributed by atoms with Crippen LogP contribution in [0.25, 0.3) is 0 Å². The Morgan fingerprint density at radius 2 is 1.62 bits per heavy atom. The number of ether oxygens (including phenoxy) is 1. The van der Waals surface area contributed by atoms with E-state index in [4.69, 9.17) is 4.74 Å². The summed E-state index contributed by atoms with van der Waals surface area (Å²) in [4.78, 5) is 12.4. The molecule has 0 saturated heterocycles. The largest absolute Gasteiger partial charge is 0.494 e. The molecule has 0 saturated carbocycles. The predicted molar refractivity (Wildman–Crippen MR) is 109 cm³/mol. The monoisotopic (exact) mass is 353 g/mol. The summed E-state index contributed by atoms with van der Waals surface area (Å²) in [5, 5.41) is 2.98. The molecule has 0 aliphatic heterocycles. The lowest BCUT2D eigenvalue weighted by molar-refractivity contribution is 0.102. The van der Waals surface area contributed by atoms with Crippen LogP contribution in [0.4, 0.5) is 5.69 Å². The van der Waals surface area contributed by atoms with Crippen LogP contribution in [-0.2, 0) is 0 Å². The van der Waals surface area contributed by atoms with E-state index in [0.717, 1.165) is 30.0 Å². The van der Waals surface area contributed by atoms with Gasteiger partial charge in [-0.1, -0.05) is 51.2 Å². The Hall–Kier alpha value is -2.29. The van der Waals surface area contributed by atoms with Gasteiger partial charge < -0.3 is 10.1 Å². The van der Waals surface area contributed by atoms with E-state index in [0.29, 0.717) is 5.56 Å². The van der Waals surface area contributed by atoms with E-state index < -0.39 is 0 Å². The molecular weight excluding hydrogens is 322 g/mol. The number of rotatable bonds is 10. The number of carbonyl (C=O) groups excluding carboxylic acids is 1.